The minimum absolute atomic E-state index is 0.231. The number of fused-ring (bicyclic) bond motifs is 1. The van der Waals surface area contributed by atoms with Gasteiger partial charge in [0.15, 0.2) is 0 Å². The highest BCUT2D eigenvalue weighted by Crippen LogP contribution is 2.19. The Hall–Kier alpha value is -2.03. The molecule has 0 atom stereocenters. The molecule has 0 aliphatic rings. The zero-order valence-electron chi connectivity index (χ0n) is 8.29. The summed E-state index contributed by atoms with van der Waals surface area (Å²) in [6.45, 7) is 3.67. The molecular formula is C12H12N2O. The van der Waals surface area contributed by atoms with Crippen molar-refractivity contribution in [3.05, 3.63) is 52.8 Å². The number of benzene rings is 1. The fourth-order valence-electron chi connectivity index (χ4n) is 1.69. The Morgan fingerprint density at radius 3 is 2.87 bits per heavy atom. The summed E-state index contributed by atoms with van der Waals surface area (Å²) in [6.07, 6.45) is 2.36. The molecule has 3 nitrogen and oxygen atoms in total. The van der Waals surface area contributed by atoms with Crippen LogP contribution in [0.2, 0.25) is 0 Å². The molecule has 3 heteroatoms. The van der Waals surface area contributed by atoms with E-state index in [1.165, 1.54) is 0 Å². The smallest absolute Gasteiger partial charge is 0.271 e. The summed E-state index contributed by atoms with van der Waals surface area (Å²) in [5.74, 6) is 0. The number of hydrogen-bond donors (Lipinski definition) is 2. The number of allylic oxidation sites excluding steroid dienone is 1. The van der Waals surface area contributed by atoms with Crippen LogP contribution >= 0.6 is 0 Å². The molecule has 0 saturated carbocycles. The van der Waals surface area contributed by atoms with Gasteiger partial charge in [-0.3, -0.25) is 4.79 Å². The maximum Gasteiger partial charge on any atom is 0.271 e. The molecule has 0 unspecified atom stereocenters. The predicted molar refractivity (Wildman–Crippen MR) is 62.9 cm³/mol. The molecule has 0 aliphatic heterocycles. The van der Waals surface area contributed by atoms with Crippen molar-refractivity contribution in [2.75, 3.05) is 5.73 Å². The summed E-state index contributed by atoms with van der Waals surface area (Å²) < 4.78 is 0. The van der Waals surface area contributed by atoms with E-state index in [9.17, 15) is 4.79 Å². The van der Waals surface area contributed by atoms with Crippen LogP contribution in [-0.2, 0) is 6.42 Å². The number of nitrogens with one attached hydrogen (secondary N) is 1. The van der Waals surface area contributed by atoms with Crippen LogP contribution in [0.25, 0.3) is 10.9 Å². The lowest BCUT2D eigenvalue weighted by molar-refractivity contribution is 1.23. The number of aromatic amines is 1. The molecule has 1 heterocycles. The van der Waals surface area contributed by atoms with Gasteiger partial charge in [0.1, 0.15) is 5.69 Å². The third kappa shape index (κ3) is 1.52. The highest BCUT2D eigenvalue weighted by molar-refractivity contribution is 5.86. The number of nitrogens with two attached hydrogens (primary N) is 1. The van der Waals surface area contributed by atoms with Crippen molar-refractivity contribution in [3.8, 4) is 0 Å². The van der Waals surface area contributed by atoms with Gasteiger partial charge in [-0.1, -0.05) is 24.3 Å². The first kappa shape index (κ1) is 9.52. The maximum atomic E-state index is 11.5. The Labute approximate surface area is 87.2 Å². The van der Waals surface area contributed by atoms with Gasteiger partial charge in [0.25, 0.3) is 5.56 Å². The fraction of sp³-hybridized carbons (Fsp3) is 0.0833. The second-order valence-electron chi connectivity index (χ2n) is 3.38. The summed E-state index contributed by atoms with van der Waals surface area (Å²) in [5.41, 5.74) is 7.46. The van der Waals surface area contributed by atoms with Crippen LogP contribution < -0.4 is 11.3 Å². The second-order valence-corrected chi connectivity index (χ2v) is 3.38. The van der Waals surface area contributed by atoms with Gasteiger partial charge in [-0.2, -0.15) is 0 Å². The number of nitrogen functional groups attached to an aromatic ring is 1. The monoisotopic (exact) mass is 200 g/mol. The molecule has 1 aromatic carbocycles. The van der Waals surface area contributed by atoms with Crippen molar-refractivity contribution >= 4 is 16.6 Å². The Morgan fingerprint density at radius 1 is 1.40 bits per heavy atom. The van der Waals surface area contributed by atoms with E-state index >= 15 is 0 Å². The molecule has 2 rings (SSSR count). The minimum Gasteiger partial charge on any atom is -0.394 e. The minimum atomic E-state index is -0.231. The lowest BCUT2D eigenvalue weighted by atomic mass is 10.0. The number of anilines is 1. The largest absolute Gasteiger partial charge is 0.394 e. The van der Waals surface area contributed by atoms with Crippen molar-refractivity contribution in [1.82, 2.24) is 4.98 Å². The number of H-pyrrole nitrogens is 1. The van der Waals surface area contributed by atoms with Crippen LogP contribution in [-0.4, -0.2) is 4.98 Å². The zero-order valence-corrected chi connectivity index (χ0v) is 8.29. The number of rotatable bonds is 2. The van der Waals surface area contributed by atoms with E-state index in [0.29, 0.717) is 6.42 Å². The molecular weight excluding hydrogens is 188 g/mol. The summed E-state index contributed by atoms with van der Waals surface area (Å²) in [6, 6.07) is 7.61. The lowest BCUT2D eigenvalue weighted by Gasteiger charge is -2.06. The third-order valence-corrected chi connectivity index (χ3v) is 2.42. The summed E-state index contributed by atoms with van der Waals surface area (Å²) in [5, 5.41) is 0.981. The van der Waals surface area contributed by atoms with Gasteiger partial charge in [0.2, 0.25) is 0 Å². The summed E-state index contributed by atoms with van der Waals surface area (Å²) in [7, 11) is 0. The van der Waals surface area contributed by atoms with Gasteiger partial charge in [-0.05, 0) is 18.1 Å². The summed E-state index contributed by atoms with van der Waals surface area (Å²) >= 11 is 0. The van der Waals surface area contributed by atoms with E-state index in [1.54, 1.807) is 6.08 Å². The van der Waals surface area contributed by atoms with Crippen LogP contribution in [0.5, 0.6) is 0 Å². The van der Waals surface area contributed by atoms with Gasteiger partial charge in [0.05, 0.1) is 0 Å². The average molecular weight is 200 g/mol. The first-order valence-electron chi connectivity index (χ1n) is 4.74. The molecule has 0 amide bonds. The highest BCUT2D eigenvalue weighted by atomic mass is 16.1. The summed E-state index contributed by atoms with van der Waals surface area (Å²) in [4.78, 5) is 14.3. The van der Waals surface area contributed by atoms with Gasteiger partial charge >= 0.3 is 0 Å². The molecule has 2 aromatic rings. The first-order chi connectivity index (χ1) is 7.24. The van der Waals surface area contributed by atoms with E-state index in [0.717, 1.165) is 16.5 Å². The van der Waals surface area contributed by atoms with E-state index in [2.05, 4.69) is 11.6 Å². The fourth-order valence-corrected chi connectivity index (χ4v) is 1.69. The van der Waals surface area contributed by atoms with Crippen molar-refractivity contribution in [2.24, 2.45) is 0 Å². The first-order valence-corrected chi connectivity index (χ1v) is 4.74. The number of hydrogen-bond acceptors (Lipinski definition) is 2. The van der Waals surface area contributed by atoms with Gasteiger partial charge in [-0.25, -0.2) is 0 Å². The molecule has 76 valence electrons. The predicted octanol–water partition coefficient (Wildman–Crippen LogP) is 1.84. The topological polar surface area (TPSA) is 58.9 Å². The van der Waals surface area contributed by atoms with Crippen molar-refractivity contribution < 1.29 is 0 Å². The molecule has 1 aromatic heterocycles. The van der Waals surface area contributed by atoms with Crippen molar-refractivity contribution in [1.29, 1.82) is 0 Å². The molecule has 0 bridgehead atoms. The molecule has 0 spiro atoms. The van der Waals surface area contributed by atoms with Crippen molar-refractivity contribution in [2.45, 2.75) is 6.42 Å². The van der Waals surface area contributed by atoms with E-state index in [1.807, 2.05) is 24.3 Å². The molecule has 0 radical (unpaired) electrons. The molecule has 3 N–H and O–H groups in total. The van der Waals surface area contributed by atoms with Crippen LogP contribution in [0.4, 0.5) is 5.69 Å². The van der Waals surface area contributed by atoms with E-state index in [-0.39, 0.29) is 11.2 Å². The van der Waals surface area contributed by atoms with Crippen LogP contribution in [0.15, 0.2) is 41.7 Å². The van der Waals surface area contributed by atoms with Crippen LogP contribution in [0.1, 0.15) is 5.56 Å². The quantitative estimate of drug-likeness (QED) is 0.727. The molecule has 15 heavy (non-hydrogen) atoms. The second kappa shape index (κ2) is 3.61. The Morgan fingerprint density at radius 2 is 2.13 bits per heavy atom. The van der Waals surface area contributed by atoms with Crippen LogP contribution in [0, 0.1) is 0 Å². The Kier molecular flexibility index (Phi) is 2.29. The average Bonchev–Trinajstić information content (AvgIpc) is 2.25. The van der Waals surface area contributed by atoms with Gasteiger partial charge < -0.3 is 10.7 Å². The van der Waals surface area contributed by atoms with Gasteiger partial charge in [0, 0.05) is 10.9 Å². The molecule has 0 aliphatic carbocycles. The van der Waals surface area contributed by atoms with E-state index < -0.39 is 0 Å². The van der Waals surface area contributed by atoms with Gasteiger partial charge in [-0.15, -0.1) is 6.58 Å². The molecule has 0 fully saturated rings. The maximum absolute atomic E-state index is 11.5. The van der Waals surface area contributed by atoms with Crippen molar-refractivity contribution in [3.63, 3.8) is 0 Å². The Bertz CT molecular complexity index is 569. The zero-order chi connectivity index (χ0) is 10.8. The number of aromatic nitrogens is 1. The highest BCUT2D eigenvalue weighted by Gasteiger charge is 2.07. The van der Waals surface area contributed by atoms with Crippen LogP contribution in [0.3, 0.4) is 0 Å². The normalized spacial score (nSPS) is 10.4. The molecule has 0 saturated heterocycles. The Balaban J connectivity index is 2.88. The van der Waals surface area contributed by atoms with E-state index in [4.69, 9.17) is 5.73 Å². The lowest BCUT2D eigenvalue weighted by Crippen LogP contribution is -2.14. The SMILES string of the molecule is C=CCc1c(N)c(=O)[nH]c2ccccc12. The number of para-hydroxylation sites is 1. The standard InChI is InChI=1S/C12H12N2O/c1-2-5-9-8-6-3-4-7-10(8)14-12(15)11(9)13/h2-4,6-7H,1,5,13H2,(H,14,15). The third-order valence-electron chi connectivity index (χ3n) is 2.42. The number of pyridine rings is 1.